The van der Waals surface area contributed by atoms with Crippen molar-refractivity contribution in [2.45, 2.75) is 6.18 Å². The number of benzene rings is 1. The van der Waals surface area contributed by atoms with Gasteiger partial charge in [-0.3, -0.25) is 0 Å². The van der Waals surface area contributed by atoms with Gasteiger partial charge in [-0.1, -0.05) is 15.9 Å². The third-order valence-electron chi connectivity index (χ3n) is 2.28. The lowest BCUT2D eigenvalue weighted by atomic mass is 10.1. The lowest BCUT2D eigenvalue weighted by Crippen LogP contribution is -2.15. The fourth-order valence-electron chi connectivity index (χ4n) is 1.41. The first-order chi connectivity index (χ1) is 8.95. The van der Waals surface area contributed by atoms with Crippen molar-refractivity contribution < 1.29 is 22.6 Å². The molecule has 3 nitrogen and oxygen atoms in total. The second-order valence-corrected chi connectivity index (χ2v) is 4.64. The highest BCUT2D eigenvalue weighted by atomic mass is 79.9. The molecular weight excluding hydrogens is 327 g/mol. The minimum Gasteiger partial charge on any atom is -0.382 e. The van der Waals surface area contributed by atoms with Crippen LogP contribution < -0.4 is 5.32 Å². The van der Waals surface area contributed by atoms with Crippen LogP contribution in [0.25, 0.3) is 0 Å². The predicted molar refractivity (Wildman–Crippen MR) is 70.3 cm³/mol. The largest absolute Gasteiger partial charge is 0.418 e. The van der Waals surface area contributed by atoms with Crippen LogP contribution in [0.5, 0.6) is 0 Å². The average molecular weight is 342 g/mol. The maximum Gasteiger partial charge on any atom is 0.418 e. The summed E-state index contributed by atoms with van der Waals surface area (Å²) in [5.74, 6) is 0. The summed E-state index contributed by atoms with van der Waals surface area (Å²) in [5.41, 5.74) is -0.648. The van der Waals surface area contributed by atoms with Crippen LogP contribution in [0, 0.1) is 0 Å². The van der Waals surface area contributed by atoms with Crippen LogP contribution in [-0.4, -0.2) is 33.5 Å². The molecule has 0 atom stereocenters. The third kappa shape index (κ3) is 5.80. The molecular formula is C12H15BrF3NO2. The summed E-state index contributed by atoms with van der Waals surface area (Å²) in [6.45, 7) is 1.49. The molecule has 7 heteroatoms. The molecule has 19 heavy (non-hydrogen) atoms. The van der Waals surface area contributed by atoms with Gasteiger partial charge in [0.2, 0.25) is 0 Å². The number of ether oxygens (including phenoxy) is 2. The number of methoxy groups -OCH3 is 1. The minimum atomic E-state index is -4.38. The maximum absolute atomic E-state index is 12.8. The second-order valence-electron chi connectivity index (χ2n) is 3.72. The number of hydrogen-bond acceptors (Lipinski definition) is 3. The Morgan fingerprint density at radius 2 is 1.95 bits per heavy atom. The van der Waals surface area contributed by atoms with Gasteiger partial charge in [0.25, 0.3) is 0 Å². The number of nitrogens with one attached hydrogen (secondary N) is 1. The van der Waals surface area contributed by atoms with Crippen molar-refractivity contribution in [1.29, 1.82) is 0 Å². The minimum absolute atomic E-state index is 0.0391. The maximum atomic E-state index is 12.8. The Morgan fingerprint density at radius 3 is 2.58 bits per heavy atom. The van der Waals surface area contributed by atoms with Crippen LogP contribution in [0.15, 0.2) is 22.7 Å². The van der Waals surface area contributed by atoms with Gasteiger partial charge < -0.3 is 14.8 Å². The Labute approximate surface area is 118 Å². The van der Waals surface area contributed by atoms with E-state index in [1.54, 1.807) is 7.11 Å². The summed E-state index contributed by atoms with van der Waals surface area (Å²) in [5, 5.41) is 2.72. The number of rotatable bonds is 7. The molecule has 1 rings (SSSR count). The van der Waals surface area contributed by atoms with Crippen molar-refractivity contribution >= 4 is 21.6 Å². The molecule has 1 N–H and O–H groups in total. The lowest BCUT2D eigenvalue weighted by Gasteiger charge is -2.15. The van der Waals surface area contributed by atoms with Crippen molar-refractivity contribution in [2.24, 2.45) is 0 Å². The average Bonchev–Trinajstić information content (AvgIpc) is 2.32. The van der Waals surface area contributed by atoms with E-state index in [0.717, 1.165) is 6.07 Å². The van der Waals surface area contributed by atoms with E-state index in [9.17, 15) is 13.2 Å². The van der Waals surface area contributed by atoms with Crippen LogP contribution in [0.1, 0.15) is 5.56 Å². The standard InChI is InChI=1S/C12H15BrF3NO2/c1-18-6-7-19-5-4-17-11-8-9(13)2-3-10(11)12(14,15)16/h2-3,8,17H,4-7H2,1H3. The molecule has 0 aliphatic carbocycles. The molecule has 0 saturated carbocycles. The molecule has 0 spiro atoms. The first kappa shape index (κ1) is 16.3. The summed E-state index contributed by atoms with van der Waals surface area (Å²) in [6, 6.07) is 3.80. The van der Waals surface area contributed by atoms with Gasteiger partial charge in [-0.05, 0) is 18.2 Å². The Morgan fingerprint density at radius 1 is 1.21 bits per heavy atom. The highest BCUT2D eigenvalue weighted by Crippen LogP contribution is 2.36. The second kappa shape index (κ2) is 7.72. The number of anilines is 1. The summed E-state index contributed by atoms with van der Waals surface area (Å²) in [6.07, 6.45) is -4.38. The van der Waals surface area contributed by atoms with E-state index in [1.807, 2.05) is 0 Å². The zero-order chi connectivity index (χ0) is 14.3. The Bertz CT molecular complexity index is 399. The van der Waals surface area contributed by atoms with Crippen LogP contribution in [-0.2, 0) is 15.7 Å². The first-order valence-electron chi connectivity index (χ1n) is 5.62. The van der Waals surface area contributed by atoms with Crippen LogP contribution in [0.3, 0.4) is 0 Å². The molecule has 108 valence electrons. The van der Waals surface area contributed by atoms with Gasteiger partial charge in [-0.15, -0.1) is 0 Å². The molecule has 0 bridgehead atoms. The molecule has 0 unspecified atom stereocenters. The number of halogens is 4. The topological polar surface area (TPSA) is 30.5 Å². The SMILES string of the molecule is COCCOCCNc1cc(Br)ccc1C(F)(F)F. The zero-order valence-corrected chi connectivity index (χ0v) is 12.0. The molecule has 1 aromatic rings. The van der Waals surface area contributed by atoms with Crippen molar-refractivity contribution in [2.75, 3.05) is 38.8 Å². The summed E-state index contributed by atoms with van der Waals surface area (Å²) in [7, 11) is 1.55. The highest BCUT2D eigenvalue weighted by molar-refractivity contribution is 9.10. The molecule has 0 aromatic heterocycles. The molecule has 0 radical (unpaired) electrons. The van der Waals surface area contributed by atoms with Crippen molar-refractivity contribution in [3.8, 4) is 0 Å². The molecule has 0 aliphatic heterocycles. The fourth-order valence-corrected chi connectivity index (χ4v) is 1.77. The van der Waals surface area contributed by atoms with Crippen LogP contribution in [0.4, 0.5) is 18.9 Å². The Hall–Kier alpha value is -0.790. The number of hydrogen-bond donors (Lipinski definition) is 1. The molecule has 1 aromatic carbocycles. The van der Waals surface area contributed by atoms with E-state index < -0.39 is 11.7 Å². The van der Waals surface area contributed by atoms with Crippen molar-refractivity contribution in [3.63, 3.8) is 0 Å². The first-order valence-corrected chi connectivity index (χ1v) is 6.41. The van der Waals surface area contributed by atoms with E-state index in [-0.39, 0.29) is 5.69 Å². The Kier molecular flexibility index (Phi) is 6.60. The zero-order valence-electron chi connectivity index (χ0n) is 10.4. The molecule has 0 fully saturated rings. The van der Waals surface area contributed by atoms with Gasteiger partial charge in [0.15, 0.2) is 0 Å². The van der Waals surface area contributed by atoms with Gasteiger partial charge in [0.1, 0.15) is 0 Å². The van der Waals surface area contributed by atoms with E-state index in [1.165, 1.54) is 12.1 Å². The Balaban J connectivity index is 2.54. The summed E-state index contributed by atoms with van der Waals surface area (Å²) in [4.78, 5) is 0. The summed E-state index contributed by atoms with van der Waals surface area (Å²) >= 11 is 3.15. The van der Waals surface area contributed by atoms with Crippen molar-refractivity contribution in [1.82, 2.24) is 0 Å². The van der Waals surface area contributed by atoms with Crippen LogP contribution >= 0.6 is 15.9 Å². The number of alkyl halides is 3. The van der Waals surface area contributed by atoms with E-state index in [0.29, 0.717) is 30.8 Å². The van der Waals surface area contributed by atoms with Crippen LogP contribution in [0.2, 0.25) is 0 Å². The monoisotopic (exact) mass is 341 g/mol. The molecule has 0 heterocycles. The fraction of sp³-hybridized carbons (Fsp3) is 0.500. The molecule has 0 saturated heterocycles. The van der Waals surface area contributed by atoms with Gasteiger partial charge in [0, 0.05) is 23.8 Å². The molecule has 0 aliphatic rings. The normalized spacial score (nSPS) is 11.6. The highest BCUT2D eigenvalue weighted by Gasteiger charge is 2.33. The van der Waals surface area contributed by atoms with E-state index in [2.05, 4.69) is 21.2 Å². The molecule has 0 amide bonds. The lowest BCUT2D eigenvalue weighted by molar-refractivity contribution is -0.137. The van der Waals surface area contributed by atoms with E-state index in [4.69, 9.17) is 9.47 Å². The van der Waals surface area contributed by atoms with Gasteiger partial charge in [0.05, 0.1) is 25.4 Å². The van der Waals surface area contributed by atoms with E-state index >= 15 is 0 Å². The van der Waals surface area contributed by atoms with Gasteiger partial charge >= 0.3 is 6.18 Å². The van der Waals surface area contributed by atoms with Crippen molar-refractivity contribution in [3.05, 3.63) is 28.2 Å². The smallest absolute Gasteiger partial charge is 0.382 e. The van der Waals surface area contributed by atoms with Gasteiger partial charge in [-0.25, -0.2) is 0 Å². The summed E-state index contributed by atoms with van der Waals surface area (Å²) < 4.78 is 48.8. The third-order valence-corrected chi connectivity index (χ3v) is 2.77. The van der Waals surface area contributed by atoms with Gasteiger partial charge in [-0.2, -0.15) is 13.2 Å². The predicted octanol–water partition coefficient (Wildman–Crippen LogP) is 3.54. The quantitative estimate of drug-likeness (QED) is 0.769.